The number of benzene rings is 1. The molecule has 1 aliphatic carbocycles. The maximum Gasteiger partial charge on any atom is 0.223 e. The summed E-state index contributed by atoms with van der Waals surface area (Å²) in [6, 6.07) is 10.2. The number of hydrogen-bond acceptors (Lipinski definition) is 2. The molecule has 1 saturated carbocycles. The van der Waals surface area contributed by atoms with Crippen LogP contribution < -0.4 is 10.6 Å². The van der Waals surface area contributed by atoms with Crippen LogP contribution in [0.4, 0.5) is 0 Å². The maximum atomic E-state index is 12.3. The average molecular weight is 330 g/mol. The number of hydrogen-bond donors (Lipinski definition) is 2. The largest absolute Gasteiger partial charge is 0.356 e. The van der Waals surface area contributed by atoms with Gasteiger partial charge in [-0.1, -0.05) is 43.7 Å². The molecule has 1 fully saturated rings. The highest BCUT2D eigenvalue weighted by atomic mass is 16.2. The molecule has 2 rings (SSSR count). The summed E-state index contributed by atoms with van der Waals surface area (Å²) in [6.45, 7) is 3.57. The van der Waals surface area contributed by atoms with Gasteiger partial charge in [-0.25, -0.2) is 0 Å². The van der Waals surface area contributed by atoms with E-state index in [1.54, 1.807) is 0 Å². The lowest BCUT2D eigenvalue weighted by Crippen LogP contribution is -2.38. The molecule has 4 nitrogen and oxygen atoms in total. The van der Waals surface area contributed by atoms with Crippen molar-refractivity contribution in [2.75, 3.05) is 13.1 Å². The van der Waals surface area contributed by atoms with E-state index in [1.165, 1.54) is 5.56 Å². The van der Waals surface area contributed by atoms with Crippen molar-refractivity contribution in [3.05, 3.63) is 35.9 Å². The second kappa shape index (κ2) is 10.1. The molecular weight excluding hydrogens is 300 g/mol. The van der Waals surface area contributed by atoms with Gasteiger partial charge in [0.2, 0.25) is 11.8 Å². The first kappa shape index (κ1) is 18.5. The van der Waals surface area contributed by atoms with Gasteiger partial charge in [0.05, 0.1) is 0 Å². The molecule has 0 saturated heterocycles. The first-order valence-corrected chi connectivity index (χ1v) is 9.30. The summed E-state index contributed by atoms with van der Waals surface area (Å²) in [7, 11) is 0. The van der Waals surface area contributed by atoms with Crippen LogP contribution in [0.2, 0.25) is 0 Å². The number of nitrogens with one attached hydrogen (secondary N) is 2. The van der Waals surface area contributed by atoms with Gasteiger partial charge in [0.1, 0.15) is 0 Å². The Bertz CT molecular complexity index is 508. The summed E-state index contributed by atoms with van der Waals surface area (Å²) in [4.78, 5) is 24.3. The minimum atomic E-state index is 0.0699. The number of carbonyl (C=O) groups is 2. The van der Waals surface area contributed by atoms with E-state index in [1.807, 2.05) is 18.2 Å². The summed E-state index contributed by atoms with van der Waals surface area (Å²) >= 11 is 0. The fourth-order valence-corrected chi connectivity index (χ4v) is 3.27. The third-order valence-electron chi connectivity index (χ3n) is 4.85. The van der Waals surface area contributed by atoms with Crippen LogP contribution in [0.25, 0.3) is 0 Å². The summed E-state index contributed by atoms with van der Waals surface area (Å²) in [5.74, 6) is 0.484. The van der Waals surface area contributed by atoms with Crippen molar-refractivity contribution >= 4 is 11.8 Å². The maximum absolute atomic E-state index is 12.3. The van der Waals surface area contributed by atoms with Crippen LogP contribution in [0.3, 0.4) is 0 Å². The van der Waals surface area contributed by atoms with Crippen molar-refractivity contribution in [1.82, 2.24) is 10.6 Å². The van der Waals surface area contributed by atoms with Crippen molar-refractivity contribution in [3.8, 4) is 0 Å². The van der Waals surface area contributed by atoms with Crippen LogP contribution in [-0.4, -0.2) is 24.9 Å². The van der Waals surface area contributed by atoms with Crippen molar-refractivity contribution < 1.29 is 9.59 Å². The highest BCUT2D eigenvalue weighted by Gasteiger charge is 2.29. The predicted octanol–water partition coefficient (Wildman–Crippen LogP) is 3.07. The predicted molar refractivity (Wildman–Crippen MR) is 96.5 cm³/mol. The van der Waals surface area contributed by atoms with E-state index in [4.69, 9.17) is 0 Å². The summed E-state index contributed by atoms with van der Waals surface area (Å²) in [6.07, 6.45) is 6.29. The van der Waals surface area contributed by atoms with Gasteiger partial charge in [-0.2, -0.15) is 0 Å². The van der Waals surface area contributed by atoms with E-state index in [-0.39, 0.29) is 23.7 Å². The zero-order valence-electron chi connectivity index (χ0n) is 14.7. The molecule has 4 heteroatoms. The van der Waals surface area contributed by atoms with Gasteiger partial charge in [0, 0.05) is 24.9 Å². The highest BCUT2D eigenvalue weighted by molar-refractivity contribution is 5.81. The zero-order valence-corrected chi connectivity index (χ0v) is 14.7. The Morgan fingerprint density at radius 2 is 1.46 bits per heavy atom. The molecule has 1 aromatic carbocycles. The van der Waals surface area contributed by atoms with Gasteiger partial charge in [0.15, 0.2) is 0 Å². The zero-order chi connectivity index (χ0) is 17.2. The summed E-state index contributed by atoms with van der Waals surface area (Å²) in [5.41, 5.74) is 1.24. The molecule has 0 bridgehead atoms. The molecule has 1 aliphatic rings. The van der Waals surface area contributed by atoms with E-state index < -0.39 is 0 Å². The lowest BCUT2D eigenvalue weighted by molar-refractivity contribution is -0.130. The van der Waals surface area contributed by atoms with E-state index in [2.05, 4.69) is 29.7 Å². The minimum Gasteiger partial charge on any atom is -0.356 e. The molecule has 0 spiro atoms. The van der Waals surface area contributed by atoms with E-state index in [0.717, 1.165) is 51.5 Å². The molecule has 1 aromatic rings. The van der Waals surface area contributed by atoms with Crippen LogP contribution in [0.5, 0.6) is 0 Å². The number of carbonyl (C=O) groups excluding carboxylic acids is 2. The molecule has 2 N–H and O–H groups in total. The van der Waals surface area contributed by atoms with Crippen molar-refractivity contribution in [2.24, 2.45) is 11.8 Å². The third-order valence-corrected chi connectivity index (χ3v) is 4.85. The number of rotatable bonds is 8. The van der Waals surface area contributed by atoms with E-state index in [9.17, 15) is 9.59 Å². The molecule has 0 unspecified atom stereocenters. The SMILES string of the molecule is CCCCNC(=O)C1CCC(C(=O)NCCc2ccccc2)CC1. The first-order chi connectivity index (χ1) is 11.7. The standard InChI is InChI=1S/C20H30N2O2/c1-2-3-14-21-19(23)17-9-11-18(12-10-17)20(24)22-15-13-16-7-5-4-6-8-16/h4-8,17-18H,2-3,9-15H2,1H3,(H,21,23)(H,22,24). The van der Waals surface area contributed by atoms with Gasteiger partial charge >= 0.3 is 0 Å². The molecule has 0 aliphatic heterocycles. The van der Waals surface area contributed by atoms with Crippen molar-refractivity contribution in [1.29, 1.82) is 0 Å². The van der Waals surface area contributed by atoms with Crippen LogP contribution in [0, 0.1) is 11.8 Å². The molecular formula is C20H30N2O2. The Labute approximate surface area is 145 Å². The third kappa shape index (κ3) is 5.99. The second-order valence-electron chi connectivity index (χ2n) is 6.72. The minimum absolute atomic E-state index is 0.0699. The van der Waals surface area contributed by atoms with Crippen molar-refractivity contribution in [3.63, 3.8) is 0 Å². The fourth-order valence-electron chi connectivity index (χ4n) is 3.27. The van der Waals surface area contributed by atoms with Gasteiger partial charge in [-0.05, 0) is 44.1 Å². The number of unbranched alkanes of at least 4 members (excludes halogenated alkanes) is 1. The Morgan fingerprint density at radius 3 is 2.00 bits per heavy atom. The van der Waals surface area contributed by atoms with Gasteiger partial charge in [-0.15, -0.1) is 0 Å². The fraction of sp³-hybridized carbons (Fsp3) is 0.600. The lowest BCUT2D eigenvalue weighted by Gasteiger charge is -2.27. The van der Waals surface area contributed by atoms with Crippen LogP contribution >= 0.6 is 0 Å². The smallest absolute Gasteiger partial charge is 0.223 e. The first-order valence-electron chi connectivity index (χ1n) is 9.30. The highest BCUT2D eigenvalue weighted by Crippen LogP contribution is 2.29. The Hall–Kier alpha value is -1.84. The van der Waals surface area contributed by atoms with Gasteiger partial charge in [0.25, 0.3) is 0 Å². The summed E-state index contributed by atoms with van der Waals surface area (Å²) in [5, 5.41) is 6.06. The topological polar surface area (TPSA) is 58.2 Å². The second-order valence-corrected chi connectivity index (χ2v) is 6.72. The van der Waals surface area contributed by atoms with E-state index >= 15 is 0 Å². The summed E-state index contributed by atoms with van der Waals surface area (Å²) < 4.78 is 0. The molecule has 132 valence electrons. The monoisotopic (exact) mass is 330 g/mol. The normalized spacial score (nSPS) is 20.4. The van der Waals surface area contributed by atoms with E-state index in [0.29, 0.717) is 6.54 Å². The molecule has 0 radical (unpaired) electrons. The quantitative estimate of drug-likeness (QED) is 0.720. The van der Waals surface area contributed by atoms with Gasteiger partial charge < -0.3 is 10.6 Å². The molecule has 0 atom stereocenters. The van der Waals surface area contributed by atoms with Crippen LogP contribution in [-0.2, 0) is 16.0 Å². The number of amides is 2. The van der Waals surface area contributed by atoms with Gasteiger partial charge in [-0.3, -0.25) is 9.59 Å². The molecule has 24 heavy (non-hydrogen) atoms. The Morgan fingerprint density at radius 1 is 0.917 bits per heavy atom. The Kier molecular flexibility index (Phi) is 7.80. The molecule has 2 amide bonds. The molecule has 0 heterocycles. The average Bonchev–Trinajstić information content (AvgIpc) is 2.63. The molecule has 0 aromatic heterocycles. The van der Waals surface area contributed by atoms with Crippen LogP contribution in [0.1, 0.15) is 51.0 Å². The lowest BCUT2D eigenvalue weighted by atomic mass is 9.81. The Balaban J connectivity index is 1.64. The van der Waals surface area contributed by atoms with Crippen molar-refractivity contribution in [2.45, 2.75) is 51.9 Å². The van der Waals surface area contributed by atoms with Crippen LogP contribution in [0.15, 0.2) is 30.3 Å².